The van der Waals surface area contributed by atoms with Gasteiger partial charge in [0.05, 0.1) is 0 Å². The summed E-state index contributed by atoms with van der Waals surface area (Å²) in [7, 11) is 0. The van der Waals surface area contributed by atoms with Gasteiger partial charge in [0, 0.05) is 11.3 Å². The number of nitrogens with two attached hydrogens (primary N) is 1. The highest BCUT2D eigenvalue weighted by Crippen LogP contribution is 2.26. The van der Waals surface area contributed by atoms with Gasteiger partial charge in [-0.05, 0) is 41.7 Å². The van der Waals surface area contributed by atoms with E-state index in [1.54, 1.807) is 12.1 Å². The van der Waals surface area contributed by atoms with Crippen LogP contribution in [0.25, 0.3) is 11.1 Å². The molecule has 0 radical (unpaired) electrons. The zero-order valence-electron chi connectivity index (χ0n) is 10.8. The highest BCUT2D eigenvalue weighted by atomic mass is 19.1. The number of benzene rings is 2. The van der Waals surface area contributed by atoms with E-state index in [4.69, 9.17) is 5.73 Å². The summed E-state index contributed by atoms with van der Waals surface area (Å²) in [5, 5.41) is 0. The molecule has 0 spiro atoms. The van der Waals surface area contributed by atoms with E-state index in [2.05, 4.69) is 19.9 Å². The second kappa shape index (κ2) is 5.21. The minimum absolute atomic E-state index is 0.231. The van der Waals surface area contributed by atoms with Crippen LogP contribution in [0, 0.1) is 11.7 Å². The Hall–Kier alpha value is -1.83. The number of anilines is 1. The molecular formula is C16H18FN. The van der Waals surface area contributed by atoms with Crippen molar-refractivity contribution in [2.24, 2.45) is 5.92 Å². The van der Waals surface area contributed by atoms with Crippen molar-refractivity contribution in [2.75, 3.05) is 5.73 Å². The topological polar surface area (TPSA) is 26.0 Å². The van der Waals surface area contributed by atoms with Crippen LogP contribution >= 0.6 is 0 Å². The van der Waals surface area contributed by atoms with Crippen molar-refractivity contribution in [3.05, 3.63) is 53.8 Å². The van der Waals surface area contributed by atoms with Crippen LogP contribution in [-0.4, -0.2) is 0 Å². The van der Waals surface area contributed by atoms with E-state index < -0.39 is 0 Å². The van der Waals surface area contributed by atoms with E-state index in [0.717, 1.165) is 12.0 Å². The van der Waals surface area contributed by atoms with E-state index >= 15 is 0 Å². The molecule has 0 atom stereocenters. The monoisotopic (exact) mass is 243 g/mol. The van der Waals surface area contributed by atoms with Gasteiger partial charge in [-0.3, -0.25) is 0 Å². The predicted octanol–water partition coefficient (Wildman–Crippen LogP) is 4.27. The van der Waals surface area contributed by atoms with Crippen LogP contribution in [0.15, 0.2) is 42.5 Å². The van der Waals surface area contributed by atoms with E-state index in [1.165, 1.54) is 11.6 Å². The smallest absolute Gasteiger partial charge is 0.131 e. The minimum Gasteiger partial charge on any atom is -0.399 e. The molecule has 2 aromatic carbocycles. The molecule has 18 heavy (non-hydrogen) atoms. The van der Waals surface area contributed by atoms with Gasteiger partial charge in [0.2, 0.25) is 0 Å². The molecule has 1 nitrogen and oxygen atoms in total. The van der Waals surface area contributed by atoms with Crippen molar-refractivity contribution in [3.63, 3.8) is 0 Å². The largest absolute Gasteiger partial charge is 0.399 e. The van der Waals surface area contributed by atoms with Crippen molar-refractivity contribution < 1.29 is 4.39 Å². The van der Waals surface area contributed by atoms with Crippen molar-refractivity contribution in [1.29, 1.82) is 0 Å². The van der Waals surface area contributed by atoms with Crippen molar-refractivity contribution in [2.45, 2.75) is 20.3 Å². The first-order valence-corrected chi connectivity index (χ1v) is 6.20. The molecule has 94 valence electrons. The number of rotatable bonds is 3. The van der Waals surface area contributed by atoms with Gasteiger partial charge in [-0.1, -0.05) is 38.1 Å². The third-order valence-corrected chi connectivity index (χ3v) is 2.87. The second-order valence-corrected chi connectivity index (χ2v) is 5.04. The summed E-state index contributed by atoms with van der Waals surface area (Å²) in [6, 6.07) is 12.7. The van der Waals surface area contributed by atoms with Crippen LogP contribution in [0.2, 0.25) is 0 Å². The number of hydrogen-bond acceptors (Lipinski definition) is 1. The Morgan fingerprint density at radius 3 is 2.61 bits per heavy atom. The summed E-state index contributed by atoms with van der Waals surface area (Å²) < 4.78 is 13.8. The Balaban J connectivity index is 2.41. The van der Waals surface area contributed by atoms with Crippen LogP contribution in [-0.2, 0) is 6.42 Å². The fraction of sp³-hybridized carbons (Fsp3) is 0.250. The highest BCUT2D eigenvalue weighted by Gasteiger charge is 2.06. The maximum absolute atomic E-state index is 13.8. The summed E-state index contributed by atoms with van der Waals surface area (Å²) >= 11 is 0. The zero-order valence-corrected chi connectivity index (χ0v) is 10.8. The molecule has 2 N–H and O–H groups in total. The molecule has 2 aromatic rings. The van der Waals surface area contributed by atoms with Crippen molar-refractivity contribution in [1.82, 2.24) is 0 Å². The van der Waals surface area contributed by atoms with Gasteiger partial charge in [0.1, 0.15) is 5.82 Å². The van der Waals surface area contributed by atoms with Crippen molar-refractivity contribution >= 4 is 5.69 Å². The molecule has 0 saturated heterocycles. The molecule has 2 rings (SSSR count). The van der Waals surface area contributed by atoms with Gasteiger partial charge < -0.3 is 5.73 Å². The Kier molecular flexibility index (Phi) is 3.66. The molecule has 0 unspecified atom stereocenters. The van der Waals surface area contributed by atoms with Crippen molar-refractivity contribution in [3.8, 4) is 11.1 Å². The third kappa shape index (κ3) is 2.89. The molecule has 2 heteroatoms. The Morgan fingerprint density at radius 2 is 1.89 bits per heavy atom. The number of nitrogen functional groups attached to an aromatic ring is 1. The van der Waals surface area contributed by atoms with E-state index in [9.17, 15) is 4.39 Å². The normalized spacial score (nSPS) is 10.9. The molecule has 0 heterocycles. The van der Waals surface area contributed by atoms with Crippen LogP contribution in [0.4, 0.5) is 10.1 Å². The van der Waals surface area contributed by atoms with Crippen LogP contribution in [0.3, 0.4) is 0 Å². The molecule has 0 aliphatic carbocycles. The number of hydrogen-bond donors (Lipinski definition) is 1. The van der Waals surface area contributed by atoms with Gasteiger partial charge in [0.15, 0.2) is 0 Å². The molecule has 0 amide bonds. The quantitative estimate of drug-likeness (QED) is 0.800. The third-order valence-electron chi connectivity index (χ3n) is 2.87. The lowest BCUT2D eigenvalue weighted by atomic mass is 9.97. The van der Waals surface area contributed by atoms with E-state index in [-0.39, 0.29) is 5.82 Å². The summed E-state index contributed by atoms with van der Waals surface area (Å²) in [4.78, 5) is 0. The lowest BCUT2D eigenvalue weighted by Crippen LogP contribution is -1.95. The average molecular weight is 243 g/mol. The Labute approximate surface area is 107 Å². The summed E-state index contributed by atoms with van der Waals surface area (Å²) in [5.41, 5.74) is 8.98. The molecular weight excluding hydrogens is 225 g/mol. The molecule has 0 aliphatic heterocycles. The molecule has 0 bridgehead atoms. The Morgan fingerprint density at radius 1 is 1.11 bits per heavy atom. The SMILES string of the molecule is CC(C)Cc1cccc(-c2cc(N)ccc2F)c1. The predicted molar refractivity (Wildman–Crippen MR) is 74.8 cm³/mol. The summed E-state index contributed by atoms with van der Waals surface area (Å²) in [5.74, 6) is 0.358. The maximum atomic E-state index is 13.8. The molecule has 0 aliphatic rings. The molecule has 0 fully saturated rings. The zero-order chi connectivity index (χ0) is 13.1. The minimum atomic E-state index is -0.231. The fourth-order valence-electron chi connectivity index (χ4n) is 2.10. The van der Waals surface area contributed by atoms with Gasteiger partial charge in [-0.25, -0.2) is 4.39 Å². The molecule has 0 aromatic heterocycles. The van der Waals surface area contributed by atoms with E-state index in [0.29, 0.717) is 17.2 Å². The van der Waals surface area contributed by atoms with Gasteiger partial charge >= 0.3 is 0 Å². The average Bonchev–Trinajstić information content (AvgIpc) is 2.32. The molecule has 0 saturated carbocycles. The lowest BCUT2D eigenvalue weighted by molar-refractivity contribution is 0.631. The second-order valence-electron chi connectivity index (χ2n) is 5.04. The van der Waals surface area contributed by atoms with Gasteiger partial charge in [0.25, 0.3) is 0 Å². The summed E-state index contributed by atoms with van der Waals surface area (Å²) in [6.07, 6.45) is 0.998. The van der Waals surface area contributed by atoms with Gasteiger partial charge in [-0.15, -0.1) is 0 Å². The van der Waals surface area contributed by atoms with Crippen LogP contribution < -0.4 is 5.73 Å². The number of halogens is 1. The first-order chi connectivity index (χ1) is 8.56. The van der Waals surface area contributed by atoms with E-state index in [1.807, 2.05) is 18.2 Å². The first kappa shape index (κ1) is 12.6. The van der Waals surface area contributed by atoms with Crippen LogP contribution in [0.5, 0.6) is 0 Å². The summed E-state index contributed by atoms with van der Waals surface area (Å²) in [6.45, 7) is 4.35. The van der Waals surface area contributed by atoms with Crippen LogP contribution in [0.1, 0.15) is 19.4 Å². The maximum Gasteiger partial charge on any atom is 0.131 e. The standard InChI is InChI=1S/C16H18FN/c1-11(2)8-12-4-3-5-13(9-12)15-10-14(18)6-7-16(15)17/h3-7,9-11H,8,18H2,1-2H3. The first-order valence-electron chi connectivity index (χ1n) is 6.20. The lowest BCUT2D eigenvalue weighted by Gasteiger charge is -2.09. The fourth-order valence-corrected chi connectivity index (χ4v) is 2.10. The highest BCUT2D eigenvalue weighted by molar-refractivity contribution is 5.68. The van der Waals surface area contributed by atoms with Gasteiger partial charge in [-0.2, -0.15) is 0 Å². The Bertz CT molecular complexity index is 547.